The fourth-order valence-corrected chi connectivity index (χ4v) is 3.00. The molecule has 0 heterocycles. The number of nitrogen functional groups attached to an aromatic ring is 1. The third-order valence-electron chi connectivity index (χ3n) is 2.78. The lowest BCUT2D eigenvalue weighted by Gasteiger charge is -2.09. The van der Waals surface area contributed by atoms with E-state index >= 15 is 0 Å². The van der Waals surface area contributed by atoms with Crippen molar-refractivity contribution in [3.05, 3.63) is 62.7 Å². The first kappa shape index (κ1) is 16.2. The molecule has 0 spiro atoms. The van der Waals surface area contributed by atoms with Crippen LogP contribution in [-0.2, 0) is 10.0 Å². The summed E-state index contributed by atoms with van der Waals surface area (Å²) >= 11 is 0. The van der Waals surface area contributed by atoms with E-state index in [-0.39, 0.29) is 5.69 Å². The number of anilines is 2. The molecule has 2 aromatic rings. The summed E-state index contributed by atoms with van der Waals surface area (Å²) in [6, 6.07) is 8.04. The van der Waals surface area contributed by atoms with E-state index < -0.39 is 36.1 Å². The highest BCUT2D eigenvalue weighted by Crippen LogP contribution is 2.29. The Morgan fingerprint density at radius 3 is 2.26 bits per heavy atom. The molecule has 23 heavy (non-hydrogen) atoms. The summed E-state index contributed by atoms with van der Waals surface area (Å²) in [5.74, 6) is 0. The first-order valence-electron chi connectivity index (χ1n) is 6.02. The van der Waals surface area contributed by atoms with Crippen molar-refractivity contribution < 1.29 is 18.3 Å². The topological polar surface area (TPSA) is 158 Å². The van der Waals surface area contributed by atoms with Gasteiger partial charge in [-0.05, 0) is 24.3 Å². The zero-order valence-corrected chi connectivity index (χ0v) is 12.2. The van der Waals surface area contributed by atoms with Crippen LogP contribution in [0.2, 0.25) is 0 Å². The Kier molecular flexibility index (Phi) is 4.14. The Morgan fingerprint density at radius 2 is 1.70 bits per heavy atom. The molecule has 0 bridgehead atoms. The van der Waals surface area contributed by atoms with Gasteiger partial charge in [-0.15, -0.1) is 0 Å². The lowest BCUT2D eigenvalue weighted by molar-refractivity contribution is -0.396. The predicted octanol–water partition coefficient (Wildman–Crippen LogP) is 1.89. The van der Waals surface area contributed by atoms with Crippen molar-refractivity contribution in [3.63, 3.8) is 0 Å². The van der Waals surface area contributed by atoms with Crippen molar-refractivity contribution >= 4 is 32.8 Å². The van der Waals surface area contributed by atoms with E-state index in [1.54, 1.807) is 0 Å². The van der Waals surface area contributed by atoms with Crippen molar-refractivity contribution in [1.29, 1.82) is 0 Å². The maximum atomic E-state index is 12.3. The van der Waals surface area contributed by atoms with Gasteiger partial charge in [-0.2, -0.15) is 0 Å². The van der Waals surface area contributed by atoms with Crippen LogP contribution in [0, 0.1) is 20.2 Å². The van der Waals surface area contributed by atoms with Crippen molar-refractivity contribution in [2.24, 2.45) is 0 Å². The number of hydrogen-bond acceptors (Lipinski definition) is 7. The van der Waals surface area contributed by atoms with Gasteiger partial charge in [0.2, 0.25) is 0 Å². The fraction of sp³-hybridized carbons (Fsp3) is 0. The number of nitro benzene ring substituents is 2. The zero-order valence-electron chi connectivity index (χ0n) is 11.4. The molecular weight excluding hydrogens is 328 g/mol. The van der Waals surface area contributed by atoms with E-state index in [0.717, 1.165) is 12.1 Å². The first-order chi connectivity index (χ1) is 10.7. The summed E-state index contributed by atoms with van der Waals surface area (Å²) in [4.78, 5) is 19.2. The van der Waals surface area contributed by atoms with Gasteiger partial charge in [0.15, 0.2) is 4.90 Å². The Morgan fingerprint density at radius 1 is 1.00 bits per heavy atom. The summed E-state index contributed by atoms with van der Waals surface area (Å²) in [6.07, 6.45) is 0. The van der Waals surface area contributed by atoms with Gasteiger partial charge in [0, 0.05) is 11.8 Å². The Balaban J connectivity index is 2.51. The maximum absolute atomic E-state index is 12.3. The smallest absolute Gasteiger partial charge is 0.296 e. The van der Waals surface area contributed by atoms with Gasteiger partial charge in [0.1, 0.15) is 0 Å². The van der Waals surface area contributed by atoms with Gasteiger partial charge in [-0.1, -0.05) is 6.07 Å². The molecule has 0 aliphatic heterocycles. The summed E-state index contributed by atoms with van der Waals surface area (Å²) in [6.45, 7) is 0. The average molecular weight is 338 g/mol. The normalized spacial score (nSPS) is 11.0. The number of nitrogens with zero attached hydrogens (tertiary/aromatic N) is 2. The largest absolute Gasteiger partial charge is 0.399 e. The predicted molar refractivity (Wildman–Crippen MR) is 81.4 cm³/mol. The van der Waals surface area contributed by atoms with Crippen molar-refractivity contribution in [1.82, 2.24) is 0 Å². The molecule has 0 aliphatic carbocycles. The summed E-state index contributed by atoms with van der Waals surface area (Å²) < 4.78 is 26.7. The van der Waals surface area contributed by atoms with E-state index in [9.17, 15) is 28.6 Å². The first-order valence-corrected chi connectivity index (χ1v) is 7.50. The van der Waals surface area contributed by atoms with Crippen LogP contribution in [-0.4, -0.2) is 18.3 Å². The second-order valence-corrected chi connectivity index (χ2v) is 6.05. The number of non-ortho nitro benzene ring substituents is 1. The van der Waals surface area contributed by atoms with Gasteiger partial charge >= 0.3 is 0 Å². The SMILES string of the molecule is Nc1cccc(NS(=O)(=O)c2ccc([N+](=O)[O-])cc2[N+](=O)[O-])c1. The van der Waals surface area contributed by atoms with Crippen LogP contribution < -0.4 is 10.5 Å². The fourth-order valence-electron chi connectivity index (χ4n) is 1.80. The monoisotopic (exact) mass is 338 g/mol. The van der Waals surface area contributed by atoms with Crippen molar-refractivity contribution in [2.45, 2.75) is 4.90 Å². The summed E-state index contributed by atoms with van der Waals surface area (Å²) in [7, 11) is -4.32. The second-order valence-electron chi connectivity index (χ2n) is 4.40. The molecule has 0 atom stereocenters. The van der Waals surface area contributed by atoms with E-state index in [4.69, 9.17) is 5.73 Å². The number of nitrogens with two attached hydrogens (primary N) is 1. The minimum atomic E-state index is -4.32. The van der Waals surface area contributed by atoms with Gasteiger partial charge in [-0.3, -0.25) is 25.0 Å². The summed E-state index contributed by atoms with van der Waals surface area (Å²) in [5, 5.41) is 21.7. The van der Waals surface area contributed by atoms with Crippen LogP contribution in [0.25, 0.3) is 0 Å². The Hall–Kier alpha value is -3.21. The molecule has 120 valence electrons. The molecule has 0 unspecified atom stereocenters. The molecule has 0 aromatic heterocycles. The molecule has 0 amide bonds. The molecule has 11 heteroatoms. The van der Waals surface area contributed by atoms with Crippen LogP contribution >= 0.6 is 0 Å². The van der Waals surface area contributed by atoms with Gasteiger partial charge in [-0.25, -0.2) is 8.42 Å². The zero-order chi connectivity index (χ0) is 17.2. The molecule has 0 saturated heterocycles. The number of nitro groups is 2. The van der Waals surface area contributed by atoms with Crippen LogP contribution in [0.3, 0.4) is 0 Å². The van der Waals surface area contributed by atoms with Gasteiger partial charge in [0.25, 0.3) is 21.4 Å². The van der Waals surface area contributed by atoms with Gasteiger partial charge in [0.05, 0.1) is 21.6 Å². The molecule has 0 radical (unpaired) electrons. The van der Waals surface area contributed by atoms with E-state index in [0.29, 0.717) is 11.8 Å². The number of nitrogens with one attached hydrogen (secondary N) is 1. The third kappa shape index (κ3) is 3.52. The highest BCUT2D eigenvalue weighted by molar-refractivity contribution is 7.92. The summed E-state index contributed by atoms with van der Waals surface area (Å²) in [5.41, 5.74) is 4.46. The van der Waals surface area contributed by atoms with Crippen LogP contribution in [0.5, 0.6) is 0 Å². The molecule has 2 aromatic carbocycles. The molecule has 3 N–H and O–H groups in total. The average Bonchev–Trinajstić information content (AvgIpc) is 2.46. The Labute approximate surface area is 129 Å². The lowest BCUT2D eigenvalue weighted by atomic mass is 10.3. The van der Waals surface area contributed by atoms with Crippen LogP contribution in [0.1, 0.15) is 0 Å². The lowest BCUT2D eigenvalue weighted by Crippen LogP contribution is -2.15. The number of benzene rings is 2. The van der Waals surface area contributed by atoms with E-state index in [1.165, 1.54) is 24.3 Å². The highest BCUT2D eigenvalue weighted by atomic mass is 32.2. The van der Waals surface area contributed by atoms with Crippen LogP contribution in [0.15, 0.2) is 47.4 Å². The highest BCUT2D eigenvalue weighted by Gasteiger charge is 2.28. The standard InChI is InChI=1S/C12H10N4O6S/c13-8-2-1-3-9(6-8)14-23(21,22)12-5-4-10(15(17)18)7-11(12)16(19)20/h1-7,14H,13H2. The second kappa shape index (κ2) is 5.88. The number of rotatable bonds is 5. The molecule has 2 rings (SSSR count). The van der Waals surface area contributed by atoms with Crippen LogP contribution in [0.4, 0.5) is 22.7 Å². The van der Waals surface area contributed by atoms with Gasteiger partial charge < -0.3 is 5.73 Å². The molecule has 10 nitrogen and oxygen atoms in total. The minimum Gasteiger partial charge on any atom is -0.399 e. The number of sulfonamides is 1. The van der Waals surface area contributed by atoms with E-state index in [2.05, 4.69) is 4.72 Å². The maximum Gasteiger partial charge on any atom is 0.296 e. The van der Waals surface area contributed by atoms with Crippen molar-refractivity contribution in [2.75, 3.05) is 10.5 Å². The molecule has 0 saturated carbocycles. The molecular formula is C12H10N4O6S. The molecule has 0 aliphatic rings. The third-order valence-corrected chi connectivity index (χ3v) is 4.21. The van der Waals surface area contributed by atoms with Crippen molar-refractivity contribution in [3.8, 4) is 0 Å². The quantitative estimate of drug-likeness (QED) is 0.478. The molecule has 0 fully saturated rings. The Bertz CT molecular complexity index is 896. The minimum absolute atomic E-state index is 0.109. The van der Waals surface area contributed by atoms with E-state index in [1.807, 2.05) is 0 Å². The number of hydrogen-bond donors (Lipinski definition) is 2.